The summed E-state index contributed by atoms with van der Waals surface area (Å²) in [5.74, 6) is -0.321. The first-order chi connectivity index (χ1) is 10.5. The number of halogens is 3. The van der Waals surface area contributed by atoms with Gasteiger partial charge in [-0.1, -0.05) is 34.8 Å². The Hall–Kier alpha value is -1.88. The summed E-state index contributed by atoms with van der Waals surface area (Å²) in [4.78, 5) is 20.3. The van der Waals surface area contributed by atoms with Gasteiger partial charge in [-0.2, -0.15) is 0 Å². The van der Waals surface area contributed by atoms with Crippen LogP contribution in [0.15, 0.2) is 36.4 Å². The molecule has 2 aromatic carbocycles. The first-order valence-corrected chi connectivity index (χ1v) is 7.31. The predicted octanol–water partition coefficient (Wildman–Crippen LogP) is 4.36. The van der Waals surface area contributed by atoms with Crippen molar-refractivity contribution in [2.45, 2.75) is 0 Å². The Morgan fingerprint density at radius 1 is 0.955 bits per heavy atom. The highest BCUT2D eigenvalue weighted by Gasteiger charge is 2.14. The van der Waals surface area contributed by atoms with Crippen molar-refractivity contribution in [2.75, 3.05) is 0 Å². The molecule has 0 spiro atoms. The second-order valence-corrected chi connectivity index (χ2v) is 5.80. The molecule has 22 heavy (non-hydrogen) atoms. The standard InChI is InChI=1S/C15H8Cl3N3O/c16-8-2-4-12-9(6-8)13(14(19)22)21-15(20-12)7-1-3-10(17)11(18)5-7/h1-6H,(H2,19,22). The molecule has 1 amide bonds. The SMILES string of the molecule is NC(=O)c1nc(-c2ccc(Cl)c(Cl)c2)nc2ccc(Cl)cc12. The average molecular weight is 353 g/mol. The predicted molar refractivity (Wildman–Crippen MR) is 88.5 cm³/mol. The molecule has 2 N–H and O–H groups in total. The lowest BCUT2D eigenvalue weighted by atomic mass is 10.1. The summed E-state index contributed by atoms with van der Waals surface area (Å²) in [6, 6.07) is 9.98. The number of benzene rings is 2. The van der Waals surface area contributed by atoms with Crippen LogP contribution in [0.2, 0.25) is 15.1 Å². The van der Waals surface area contributed by atoms with Crippen LogP contribution in [0.1, 0.15) is 10.5 Å². The summed E-state index contributed by atoms with van der Waals surface area (Å²) in [5, 5.41) is 1.78. The summed E-state index contributed by atoms with van der Waals surface area (Å²) >= 11 is 17.9. The van der Waals surface area contributed by atoms with E-state index in [9.17, 15) is 4.79 Å². The number of carbonyl (C=O) groups is 1. The fourth-order valence-corrected chi connectivity index (χ4v) is 2.52. The molecular weight excluding hydrogens is 345 g/mol. The number of rotatable bonds is 2. The lowest BCUT2D eigenvalue weighted by Gasteiger charge is -2.07. The van der Waals surface area contributed by atoms with Crippen LogP contribution in [0.25, 0.3) is 22.3 Å². The first kappa shape index (κ1) is 15.0. The molecule has 0 saturated carbocycles. The van der Waals surface area contributed by atoms with Crippen molar-refractivity contribution < 1.29 is 4.79 Å². The lowest BCUT2D eigenvalue weighted by Crippen LogP contribution is -2.14. The molecule has 0 radical (unpaired) electrons. The maximum Gasteiger partial charge on any atom is 0.268 e. The molecule has 0 aliphatic heterocycles. The number of carbonyl (C=O) groups excluding carboxylic acids is 1. The highest BCUT2D eigenvalue weighted by atomic mass is 35.5. The summed E-state index contributed by atoms with van der Waals surface area (Å²) in [6.45, 7) is 0. The highest BCUT2D eigenvalue weighted by molar-refractivity contribution is 6.42. The molecule has 0 bridgehead atoms. The number of fused-ring (bicyclic) bond motifs is 1. The van der Waals surface area contributed by atoms with Gasteiger partial charge in [0.2, 0.25) is 0 Å². The van der Waals surface area contributed by atoms with Crippen molar-refractivity contribution in [3.63, 3.8) is 0 Å². The maximum absolute atomic E-state index is 11.7. The number of hydrogen-bond acceptors (Lipinski definition) is 3. The molecule has 1 aromatic heterocycles. The molecule has 0 unspecified atom stereocenters. The van der Waals surface area contributed by atoms with E-state index in [1.165, 1.54) is 0 Å². The molecule has 1 heterocycles. The largest absolute Gasteiger partial charge is 0.364 e. The summed E-state index contributed by atoms with van der Waals surface area (Å²) in [7, 11) is 0. The van der Waals surface area contributed by atoms with E-state index in [-0.39, 0.29) is 5.69 Å². The van der Waals surface area contributed by atoms with Crippen LogP contribution in [-0.2, 0) is 0 Å². The monoisotopic (exact) mass is 351 g/mol. The number of aromatic nitrogens is 2. The number of primary amides is 1. The third-order valence-electron chi connectivity index (χ3n) is 3.07. The van der Waals surface area contributed by atoms with Gasteiger partial charge < -0.3 is 5.73 Å². The molecular formula is C15H8Cl3N3O. The lowest BCUT2D eigenvalue weighted by molar-refractivity contribution is 0.0997. The summed E-state index contributed by atoms with van der Waals surface area (Å²) in [5.41, 5.74) is 6.71. The summed E-state index contributed by atoms with van der Waals surface area (Å²) < 4.78 is 0. The molecule has 0 aliphatic carbocycles. The minimum Gasteiger partial charge on any atom is -0.364 e. The summed E-state index contributed by atoms with van der Waals surface area (Å²) in [6.07, 6.45) is 0. The molecule has 0 aliphatic rings. The van der Waals surface area contributed by atoms with Gasteiger partial charge in [0.1, 0.15) is 5.69 Å². The molecule has 4 nitrogen and oxygen atoms in total. The smallest absolute Gasteiger partial charge is 0.268 e. The van der Waals surface area contributed by atoms with Gasteiger partial charge in [0.25, 0.3) is 5.91 Å². The quantitative estimate of drug-likeness (QED) is 0.745. The number of amides is 1. The number of nitrogens with two attached hydrogens (primary N) is 1. The fourth-order valence-electron chi connectivity index (χ4n) is 2.05. The van der Waals surface area contributed by atoms with Crippen LogP contribution in [0.5, 0.6) is 0 Å². The van der Waals surface area contributed by atoms with Gasteiger partial charge in [-0.3, -0.25) is 4.79 Å². The Bertz CT molecular complexity index is 912. The number of hydrogen-bond donors (Lipinski definition) is 1. The van der Waals surface area contributed by atoms with E-state index < -0.39 is 5.91 Å². The van der Waals surface area contributed by atoms with Crippen molar-refractivity contribution >= 4 is 51.6 Å². The van der Waals surface area contributed by atoms with Gasteiger partial charge in [0, 0.05) is 16.0 Å². The van der Waals surface area contributed by atoms with Crippen LogP contribution in [0.4, 0.5) is 0 Å². The number of nitrogens with zero attached hydrogens (tertiary/aromatic N) is 2. The van der Waals surface area contributed by atoms with Crippen LogP contribution in [0.3, 0.4) is 0 Å². The maximum atomic E-state index is 11.7. The Morgan fingerprint density at radius 2 is 1.73 bits per heavy atom. The average Bonchev–Trinajstić information content (AvgIpc) is 2.48. The van der Waals surface area contributed by atoms with Crippen molar-refractivity contribution in [3.05, 3.63) is 57.2 Å². The molecule has 7 heteroatoms. The third-order valence-corrected chi connectivity index (χ3v) is 4.04. The molecule has 0 fully saturated rings. The highest BCUT2D eigenvalue weighted by Crippen LogP contribution is 2.29. The van der Waals surface area contributed by atoms with Crippen molar-refractivity contribution in [1.29, 1.82) is 0 Å². The van der Waals surface area contributed by atoms with Gasteiger partial charge >= 0.3 is 0 Å². The van der Waals surface area contributed by atoms with Crippen molar-refractivity contribution in [2.24, 2.45) is 5.73 Å². The topological polar surface area (TPSA) is 68.9 Å². The van der Waals surface area contributed by atoms with E-state index >= 15 is 0 Å². The Morgan fingerprint density at radius 3 is 2.41 bits per heavy atom. The fraction of sp³-hybridized carbons (Fsp3) is 0. The third kappa shape index (κ3) is 2.73. The molecule has 3 aromatic rings. The van der Waals surface area contributed by atoms with Crippen molar-refractivity contribution in [3.8, 4) is 11.4 Å². The van der Waals surface area contributed by atoms with Gasteiger partial charge in [-0.05, 0) is 36.4 Å². The van der Waals surface area contributed by atoms with Crippen LogP contribution < -0.4 is 5.73 Å². The molecule has 3 rings (SSSR count). The van der Waals surface area contributed by atoms with E-state index in [0.717, 1.165) is 0 Å². The van der Waals surface area contributed by atoms with Gasteiger partial charge in [-0.25, -0.2) is 9.97 Å². The van der Waals surface area contributed by atoms with Gasteiger partial charge in [-0.15, -0.1) is 0 Å². The second kappa shape index (κ2) is 5.72. The van der Waals surface area contributed by atoms with Gasteiger partial charge in [0.05, 0.1) is 15.6 Å². The molecule has 0 saturated heterocycles. The van der Waals surface area contributed by atoms with E-state index in [1.807, 2.05) is 0 Å². The molecule has 0 atom stereocenters. The van der Waals surface area contributed by atoms with E-state index in [0.29, 0.717) is 37.4 Å². The zero-order valence-corrected chi connectivity index (χ0v) is 13.2. The van der Waals surface area contributed by atoms with Crippen LogP contribution >= 0.6 is 34.8 Å². The van der Waals surface area contributed by atoms with E-state index in [1.54, 1.807) is 36.4 Å². The van der Waals surface area contributed by atoms with E-state index in [2.05, 4.69) is 9.97 Å². The van der Waals surface area contributed by atoms with Crippen molar-refractivity contribution in [1.82, 2.24) is 9.97 Å². The van der Waals surface area contributed by atoms with E-state index in [4.69, 9.17) is 40.5 Å². The second-order valence-electron chi connectivity index (χ2n) is 4.55. The minimum absolute atomic E-state index is 0.105. The Balaban J connectivity index is 2.29. The normalized spacial score (nSPS) is 10.9. The Kier molecular flexibility index (Phi) is 3.91. The first-order valence-electron chi connectivity index (χ1n) is 6.18. The zero-order valence-electron chi connectivity index (χ0n) is 11.0. The Labute approximate surface area is 140 Å². The van der Waals surface area contributed by atoms with Gasteiger partial charge in [0.15, 0.2) is 5.82 Å². The minimum atomic E-state index is -0.657. The zero-order chi connectivity index (χ0) is 15.9. The van der Waals surface area contributed by atoms with Crippen LogP contribution in [-0.4, -0.2) is 15.9 Å². The van der Waals surface area contributed by atoms with Crippen LogP contribution in [0, 0.1) is 0 Å². The molecule has 110 valence electrons.